The van der Waals surface area contributed by atoms with E-state index in [1.807, 2.05) is 0 Å². The highest BCUT2D eigenvalue weighted by atomic mass is 19.1. The summed E-state index contributed by atoms with van der Waals surface area (Å²) in [5, 5.41) is 2.44. The molecule has 18 heavy (non-hydrogen) atoms. The van der Waals surface area contributed by atoms with Crippen LogP contribution in [0, 0.1) is 5.82 Å². The number of nitrogens with zero attached hydrogens (tertiary/aromatic N) is 1. The number of rotatable bonds is 4. The summed E-state index contributed by atoms with van der Waals surface area (Å²) < 4.78 is 13.0. The van der Waals surface area contributed by atoms with Gasteiger partial charge >= 0.3 is 0 Å². The zero-order chi connectivity index (χ0) is 13.7. The largest absolute Gasteiger partial charge is 0.396 e. The summed E-state index contributed by atoms with van der Waals surface area (Å²) in [7, 11) is 1.50. The SMILES string of the molecule is CCN(CC(=O)NC)C(=O)c1ccc(F)c(N)c1. The molecule has 0 heterocycles. The molecule has 0 saturated carbocycles. The fourth-order valence-corrected chi connectivity index (χ4v) is 1.44. The maximum Gasteiger partial charge on any atom is 0.254 e. The quantitative estimate of drug-likeness (QED) is 0.772. The molecule has 5 nitrogen and oxygen atoms in total. The average molecular weight is 253 g/mol. The number of carbonyl (C=O) groups is 2. The molecule has 1 aromatic rings. The van der Waals surface area contributed by atoms with Gasteiger partial charge in [-0.2, -0.15) is 0 Å². The molecule has 0 aliphatic carbocycles. The predicted molar refractivity (Wildman–Crippen MR) is 66.5 cm³/mol. The summed E-state index contributed by atoms with van der Waals surface area (Å²) in [6.07, 6.45) is 0. The lowest BCUT2D eigenvalue weighted by molar-refractivity contribution is -0.121. The molecule has 2 amide bonds. The minimum atomic E-state index is -0.569. The van der Waals surface area contributed by atoms with Crippen LogP contribution in [0.3, 0.4) is 0 Å². The van der Waals surface area contributed by atoms with Crippen molar-refractivity contribution in [2.45, 2.75) is 6.92 Å². The summed E-state index contributed by atoms with van der Waals surface area (Å²) >= 11 is 0. The molecule has 0 aliphatic rings. The topological polar surface area (TPSA) is 75.4 Å². The van der Waals surface area contributed by atoms with Gasteiger partial charge in [-0.25, -0.2) is 4.39 Å². The van der Waals surface area contributed by atoms with E-state index in [2.05, 4.69) is 5.32 Å². The van der Waals surface area contributed by atoms with Gasteiger partial charge in [-0.1, -0.05) is 0 Å². The first-order chi connectivity index (χ1) is 8.49. The lowest BCUT2D eigenvalue weighted by Gasteiger charge is -2.20. The zero-order valence-corrected chi connectivity index (χ0v) is 10.4. The average Bonchev–Trinajstić information content (AvgIpc) is 2.38. The van der Waals surface area contributed by atoms with Gasteiger partial charge in [0.1, 0.15) is 5.82 Å². The normalized spacial score (nSPS) is 9.94. The summed E-state index contributed by atoms with van der Waals surface area (Å²) in [5.74, 6) is -1.19. The molecule has 0 aliphatic heterocycles. The van der Waals surface area contributed by atoms with Gasteiger partial charge in [-0.3, -0.25) is 9.59 Å². The third-order valence-electron chi connectivity index (χ3n) is 2.53. The highest BCUT2D eigenvalue weighted by molar-refractivity contribution is 5.97. The van der Waals surface area contributed by atoms with Gasteiger partial charge in [0.15, 0.2) is 0 Å². The Morgan fingerprint density at radius 1 is 1.44 bits per heavy atom. The molecule has 98 valence electrons. The summed E-state index contributed by atoms with van der Waals surface area (Å²) in [6, 6.07) is 3.75. The Bertz CT molecular complexity index is 463. The van der Waals surface area contributed by atoms with E-state index in [1.54, 1.807) is 6.92 Å². The Morgan fingerprint density at radius 3 is 2.61 bits per heavy atom. The number of anilines is 1. The van der Waals surface area contributed by atoms with E-state index in [0.717, 1.165) is 6.07 Å². The summed E-state index contributed by atoms with van der Waals surface area (Å²) in [4.78, 5) is 24.7. The maximum absolute atomic E-state index is 13.0. The number of nitrogens with one attached hydrogen (secondary N) is 1. The molecular formula is C12H16FN3O2. The lowest BCUT2D eigenvalue weighted by Crippen LogP contribution is -2.39. The fraction of sp³-hybridized carbons (Fsp3) is 0.333. The van der Waals surface area contributed by atoms with Crippen LogP contribution in [-0.4, -0.2) is 36.9 Å². The molecule has 3 N–H and O–H groups in total. The van der Waals surface area contributed by atoms with Crippen LogP contribution in [0.1, 0.15) is 17.3 Å². The van der Waals surface area contributed by atoms with Crippen LogP contribution in [0.2, 0.25) is 0 Å². The van der Waals surface area contributed by atoms with E-state index < -0.39 is 5.82 Å². The standard InChI is InChI=1S/C12H16FN3O2/c1-3-16(7-11(17)15-2)12(18)8-4-5-9(13)10(14)6-8/h4-6H,3,7,14H2,1-2H3,(H,15,17). The molecule has 0 unspecified atom stereocenters. The Hall–Kier alpha value is -2.11. The number of nitrogens with two attached hydrogens (primary N) is 1. The maximum atomic E-state index is 13.0. The number of carbonyl (C=O) groups excluding carboxylic acids is 2. The lowest BCUT2D eigenvalue weighted by atomic mass is 10.1. The molecule has 1 rings (SSSR count). The fourth-order valence-electron chi connectivity index (χ4n) is 1.44. The third-order valence-corrected chi connectivity index (χ3v) is 2.53. The van der Waals surface area contributed by atoms with Gasteiger partial charge in [-0.15, -0.1) is 0 Å². The zero-order valence-electron chi connectivity index (χ0n) is 10.4. The van der Waals surface area contributed by atoms with Crippen LogP contribution in [0.5, 0.6) is 0 Å². The van der Waals surface area contributed by atoms with Crippen molar-refractivity contribution >= 4 is 17.5 Å². The van der Waals surface area contributed by atoms with E-state index in [0.29, 0.717) is 6.54 Å². The van der Waals surface area contributed by atoms with Crippen molar-refractivity contribution in [2.75, 3.05) is 25.9 Å². The van der Waals surface area contributed by atoms with Crippen LogP contribution in [-0.2, 0) is 4.79 Å². The van der Waals surface area contributed by atoms with Gasteiger partial charge in [0.25, 0.3) is 5.91 Å². The minimum Gasteiger partial charge on any atom is -0.396 e. The van der Waals surface area contributed by atoms with Crippen molar-refractivity contribution in [2.24, 2.45) is 0 Å². The Balaban J connectivity index is 2.89. The second-order valence-corrected chi connectivity index (χ2v) is 3.73. The van der Waals surface area contributed by atoms with E-state index in [-0.39, 0.29) is 29.6 Å². The Kier molecular flexibility index (Phi) is 4.65. The highest BCUT2D eigenvalue weighted by Gasteiger charge is 2.17. The van der Waals surface area contributed by atoms with Gasteiger partial charge < -0.3 is 16.0 Å². The second-order valence-electron chi connectivity index (χ2n) is 3.73. The Morgan fingerprint density at radius 2 is 2.11 bits per heavy atom. The molecular weight excluding hydrogens is 237 g/mol. The minimum absolute atomic E-state index is 0.0386. The van der Waals surface area contributed by atoms with Crippen LogP contribution >= 0.6 is 0 Å². The molecule has 1 aromatic carbocycles. The van der Waals surface area contributed by atoms with Gasteiger partial charge in [0.05, 0.1) is 12.2 Å². The van der Waals surface area contributed by atoms with Crippen molar-refractivity contribution in [3.05, 3.63) is 29.6 Å². The first-order valence-electron chi connectivity index (χ1n) is 5.54. The van der Waals surface area contributed by atoms with Crippen LogP contribution in [0.25, 0.3) is 0 Å². The van der Waals surface area contributed by atoms with Gasteiger partial charge in [-0.05, 0) is 25.1 Å². The van der Waals surface area contributed by atoms with Crippen molar-refractivity contribution in [1.82, 2.24) is 10.2 Å². The molecule has 0 saturated heterocycles. The van der Waals surface area contributed by atoms with Crippen molar-refractivity contribution in [1.29, 1.82) is 0 Å². The van der Waals surface area contributed by atoms with E-state index in [9.17, 15) is 14.0 Å². The number of benzene rings is 1. The first kappa shape index (κ1) is 14.0. The molecule has 0 aromatic heterocycles. The number of halogens is 1. The summed E-state index contributed by atoms with van der Waals surface area (Å²) in [6.45, 7) is 2.10. The third kappa shape index (κ3) is 3.19. The molecule has 0 fully saturated rings. The van der Waals surface area contributed by atoms with E-state index in [4.69, 9.17) is 5.73 Å². The Labute approximate surface area is 105 Å². The molecule has 0 atom stereocenters. The van der Waals surface area contributed by atoms with Crippen molar-refractivity contribution in [3.63, 3.8) is 0 Å². The number of amides is 2. The monoisotopic (exact) mass is 253 g/mol. The van der Waals surface area contributed by atoms with Gasteiger partial charge in [0, 0.05) is 19.2 Å². The number of hydrogen-bond acceptors (Lipinski definition) is 3. The van der Waals surface area contributed by atoms with Crippen molar-refractivity contribution < 1.29 is 14.0 Å². The smallest absolute Gasteiger partial charge is 0.254 e. The highest BCUT2D eigenvalue weighted by Crippen LogP contribution is 2.14. The van der Waals surface area contributed by atoms with E-state index in [1.165, 1.54) is 24.1 Å². The molecule has 0 bridgehead atoms. The molecule has 0 radical (unpaired) electrons. The molecule has 0 spiro atoms. The van der Waals surface area contributed by atoms with Crippen LogP contribution in [0.15, 0.2) is 18.2 Å². The van der Waals surface area contributed by atoms with Crippen LogP contribution in [0.4, 0.5) is 10.1 Å². The van der Waals surface area contributed by atoms with Crippen molar-refractivity contribution in [3.8, 4) is 0 Å². The summed E-state index contributed by atoms with van der Waals surface area (Å²) in [5.41, 5.74) is 5.58. The predicted octanol–water partition coefficient (Wildman–Crippen LogP) is 0.616. The van der Waals surface area contributed by atoms with E-state index >= 15 is 0 Å². The second kappa shape index (κ2) is 6.00. The first-order valence-corrected chi connectivity index (χ1v) is 5.54. The number of likely N-dealkylation sites (N-methyl/N-ethyl adjacent to an activating group) is 2. The molecule has 6 heteroatoms. The number of hydrogen-bond donors (Lipinski definition) is 2. The van der Waals surface area contributed by atoms with Crippen LogP contribution < -0.4 is 11.1 Å². The van der Waals surface area contributed by atoms with Gasteiger partial charge in [0.2, 0.25) is 5.91 Å². The number of nitrogen functional groups attached to an aromatic ring is 1.